The van der Waals surface area contributed by atoms with Gasteiger partial charge in [-0.15, -0.1) is 11.3 Å². The Morgan fingerprint density at radius 3 is 2.74 bits per heavy atom. The number of nitro groups is 1. The Bertz CT molecular complexity index is 699. The van der Waals surface area contributed by atoms with E-state index in [1.54, 1.807) is 41.5 Å². The molecule has 0 N–H and O–H groups in total. The lowest BCUT2D eigenvalue weighted by Crippen LogP contribution is -2.38. The van der Waals surface area contributed by atoms with Gasteiger partial charge in [-0.25, -0.2) is 4.98 Å². The molecular weight excluding hydrogens is 314 g/mol. The highest BCUT2D eigenvalue weighted by Gasteiger charge is 2.22. The van der Waals surface area contributed by atoms with E-state index in [2.05, 4.69) is 4.98 Å². The number of hydrogen-bond acceptors (Lipinski definition) is 5. The molecule has 1 aromatic heterocycles. The molecule has 2 aromatic rings. The van der Waals surface area contributed by atoms with Crippen LogP contribution in [0.2, 0.25) is 0 Å². The zero-order valence-electron chi connectivity index (χ0n) is 13.4. The van der Waals surface area contributed by atoms with E-state index < -0.39 is 4.92 Å². The number of thiazole rings is 1. The van der Waals surface area contributed by atoms with Crippen LogP contribution in [0.1, 0.15) is 34.8 Å². The number of carbonyl (C=O) groups excluding carboxylic acids is 1. The predicted octanol–water partition coefficient (Wildman–Crippen LogP) is 3.45. The molecule has 0 aliphatic heterocycles. The Balaban J connectivity index is 2.20. The third kappa shape index (κ3) is 4.13. The molecule has 0 atom stereocenters. The van der Waals surface area contributed by atoms with E-state index in [1.165, 1.54) is 6.07 Å². The Labute approximate surface area is 138 Å². The summed E-state index contributed by atoms with van der Waals surface area (Å²) in [7, 11) is 0. The van der Waals surface area contributed by atoms with Crippen molar-refractivity contribution in [3.8, 4) is 0 Å². The van der Waals surface area contributed by atoms with Gasteiger partial charge in [0, 0.05) is 47.8 Å². The molecule has 0 radical (unpaired) electrons. The molecule has 0 saturated carbocycles. The molecule has 6 nitrogen and oxygen atoms in total. The third-order valence-electron chi connectivity index (χ3n) is 3.59. The molecule has 2 rings (SSSR count). The number of rotatable bonds is 6. The molecule has 0 fully saturated rings. The van der Waals surface area contributed by atoms with Gasteiger partial charge in [0.25, 0.3) is 11.6 Å². The van der Waals surface area contributed by atoms with Crippen molar-refractivity contribution in [2.75, 3.05) is 6.54 Å². The van der Waals surface area contributed by atoms with Crippen molar-refractivity contribution in [3.63, 3.8) is 0 Å². The highest BCUT2D eigenvalue weighted by molar-refractivity contribution is 7.09. The number of nitrogens with zero attached hydrogens (tertiary/aromatic N) is 3. The summed E-state index contributed by atoms with van der Waals surface area (Å²) in [5.41, 5.74) is 0.861. The van der Waals surface area contributed by atoms with E-state index in [4.69, 9.17) is 0 Å². The van der Waals surface area contributed by atoms with E-state index >= 15 is 0 Å². The number of amides is 1. The van der Waals surface area contributed by atoms with Crippen LogP contribution >= 0.6 is 11.3 Å². The van der Waals surface area contributed by atoms with Crippen LogP contribution in [0.25, 0.3) is 0 Å². The van der Waals surface area contributed by atoms with Crippen molar-refractivity contribution in [1.29, 1.82) is 0 Å². The molecule has 0 aliphatic rings. The van der Waals surface area contributed by atoms with E-state index in [9.17, 15) is 14.9 Å². The molecule has 23 heavy (non-hydrogen) atoms. The molecule has 1 amide bonds. The van der Waals surface area contributed by atoms with E-state index in [0.717, 1.165) is 5.01 Å². The molecule has 7 heteroatoms. The summed E-state index contributed by atoms with van der Waals surface area (Å²) < 4.78 is 0. The van der Waals surface area contributed by atoms with Gasteiger partial charge in [0.1, 0.15) is 0 Å². The fourth-order valence-electron chi connectivity index (χ4n) is 2.29. The fourth-order valence-corrected chi connectivity index (χ4v) is 2.90. The van der Waals surface area contributed by atoms with Gasteiger partial charge in [-0.3, -0.25) is 14.9 Å². The molecule has 1 heterocycles. The van der Waals surface area contributed by atoms with Crippen LogP contribution in [0.4, 0.5) is 5.69 Å². The predicted molar refractivity (Wildman–Crippen MR) is 89.8 cm³/mol. The maximum absolute atomic E-state index is 12.7. The molecule has 0 bridgehead atoms. The largest absolute Gasteiger partial charge is 0.336 e. The standard InChI is InChI=1S/C16H19N3O3S/c1-11(2)18(8-6-15-17-7-9-23-15)16(20)13-5-4-12(3)14(10-13)19(21)22/h4-5,7,9-11H,6,8H2,1-3H3. The van der Waals surface area contributed by atoms with Crippen molar-refractivity contribution in [2.45, 2.75) is 33.2 Å². The van der Waals surface area contributed by atoms with E-state index in [1.807, 2.05) is 19.2 Å². The quantitative estimate of drug-likeness (QED) is 0.599. The number of aryl methyl sites for hydroxylation is 1. The summed E-state index contributed by atoms with van der Waals surface area (Å²) >= 11 is 1.55. The Morgan fingerprint density at radius 2 is 2.17 bits per heavy atom. The van der Waals surface area contributed by atoms with Crippen molar-refractivity contribution in [3.05, 3.63) is 56.0 Å². The first kappa shape index (κ1) is 17.1. The average molecular weight is 333 g/mol. The Morgan fingerprint density at radius 1 is 1.43 bits per heavy atom. The number of hydrogen-bond donors (Lipinski definition) is 0. The van der Waals surface area contributed by atoms with E-state index in [-0.39, 0.29) is 17.6 Å². The topological polar surface area (TPSA) is 76.3 Å². The van der Waals surface area contributed by atoms with Crippen LogP contribution in [-0.4, -0.2) is 33.3 Å². The van der Waals surface area contributed by atoms with Gasteiger partial charge in [-0.05, 0) is 26.8 Å². The van der Waals surface area contributed by atoms with Gasteiger partial charge in [0.2, 0.25) is 0 Å². The molecule has 0 spiro atoms. The van der Waals surface area contributed by atoms with Crippen LogP contribution in [0.5, 0.6) is 0 Å². The lowest BCUT2D eigenvalue weighted by Gasteiger charge is -2.26. The van der Waals surface area contributed by atoms with Gasteiger partial charge in [0.15, 0.2) is 0 Å². The van der Waals surface area contributed by atoms with Crippen LogP contribution in [0.15, 0.2) is 29.8 Å². The minimum absolute atomic E-state index is 0.00261. The Hall–Kier alpha value is -2.28. The molecule has 122 valence electrons. The lowest BCUT2D eigenvalue weighted by atomic mass is 10.1. The first-order chi connectivity index (χ1) is 10.9. The Kier molecular flexibility index (Phi) is 5.44. The monoisotopic (exact) mass is 333 g/mol. The smallest absolute Gasteiger partial charge is 0.273 e. The van der Waals surface area contributed by atoms with Crippen LogP contribution in [0, 0.1) is 17.0 Å². The molecule has 0 unspecified atom stereocenters. The summed E-state index contributed by atoms with van der Waals surface area (Å²) in [6.45, 7) is 6.06. The molecule has 0 aliphatic carbocycles. The minimum atomic E-state index is -0.457. The van der Waals surface area contributed by atoms with Crippen molar-refractivity contribution in [1.82, 2.24) is 9.88 Å². The molecular formula is C16H19N3O3S. The fraction of sp³-hybridized carbons (Fsp3) is 0.375. The maximum Gasteiger partial charge on any atom is 0.273 e. The maximum atomic E-state index is 12.7. The van der Waals surface area contributed by atoms with Crippen molar-refractivity contribution < 1.29 is 9.72 Å². The molecule has 1 aromatic carbocycles. The second-order valence-corrected chi connectivity index (χ2v) is 6.51. The number of nitro benzene ring substituents is 1. The lowest BCUT2D eigenvalue weighted by molar-refractivity contribution is -0.385. The zero-order valence-corrected chi connectivity index (χ0v) is 14.2. The van der Waals surface area contributed by atoms with E-state index in [0.29, 0.717) is 24.1 Å². The van der Waals surface area contributed by atoms with Crippen molar-refractivity contribution >= 4 is 22.9 Å². The van der Waals surface area contributed by atoms with Gasteiger partial charge < -0.3 is 4.90 Å². The van der Waals surface area contributed by atoms with Gasteiger partial charge in [0.05, 0.1) is 9.93 Å². The van der Waals surface area contributed by atoms with Crippen LogP contribution in [0.3, 0.4) is 0 Å². The number of aromatic nitrogens is 1. The van der Waals surface area contributed by atoms with Crippen molar-refractivity contribution in [2.24, 2.45) is 0 Å². The highest BCUT2D eigenvalue weighted by Crippen LogP contribution is 2.21. The summed E-state index contributed by atoms with van der Waals surface area (Å²) in [6, 6.07) is 4.62. The summed E-state index contributed by atoms with van der Waals surface area (Å²) in [4.78, 5) is 29.3. The van der Waals surface area contributed by atoms with Gasteiger partial charge in [-0.1, -0.05) is 6.07 Å². The highest BCUT2D eigenvalue weighted by atomic mass is 32.1. The summed E-state index contributed by atoms with van der Waals surface area (Å²) in [5.74, 6) is -0.195. The van der Waals surface area contributed by atoms with Gasteiger partial charge >= 0.3 is 0 Å². The molecule has 0 saturated heterocycles. The van der Waals surface area contributed by atoms with Crippen LogP contribution < -0.4 is 0 Å². The second-order valence-electron chi connectivity index (χ2n) is 5.53. The van der Waals surface area contributed by atoms with Crippen LogP contribution in [-0.2, 0) is 6.42 Å². The third-order valence-corrected chi connectivity index (χ3v) is 4.43. The first-order valence-corrected chi connectivity index (χ1v) is 8.22. The SMILES string of the molecule is Cc1ccc(C(=O)N(CCc2nccs2)C(C)C)cc1[N+](=O)[O-]. The van der Waals surface area contributed by atoms with Gasteiger partial charge in [-0.2, -0.15) is 0 Å². The summed E-state index contributed by atoms with van der Waals surface area (Å²) in [5, 5.41) is 13.9. The minimum Gasteiger partial charge on any atom is -0.336 e. The average Bonchev–Trinajstić information content (AvgIpc) is 3.00. The summed E-state index contributed by atoms with van der Waals surface area (Å²) in [6.07, 6.45) is 2.42. The zero-order chi connectivity index (χ0) is 17.0. The normalized spacial score (nSPS) is 10.8. The number of benzene rings is 1. The second kappa shape index (κ2) is 7.32. The first-order valence-electron chi connectivity index (χ1n) is 7.34. The number of carbonyl (C=O) groups is 1.